The smallest absolute Gasteiger partial charge is 0.301 e. The molecule has 1 atom stereocenters. The van der Waals surface area contributed by atoms with Crippen LogP contribution in [-0.4, -0.2) is 65.8 Å². The van der Waals surface area contributed by atoms with Crippen molar-refractivity contribution in [3.8, 4) is 0 Å². The van der Waals surface area contributed by atoms with Crippen molar-refractivity contribution in [1.82, 2.24) is 0 Å². The van der Waals surface area contributed by atoms with Gasteiger partial charge in [-0.1, -0.05) is 0 Å². The Hall–Kier alpha value is -1.77. The van der Waals surface area contributed by atoms with Crippen LogP contribution in [0.3, 0.4) is 0 Å². The van der Waals surface area contributed by atoms with E-state index in [9.17, 15) is 4.79 Å². The van der Waals surface area contributed by atoms with Crippen LogP contribution in [0.1, 0.15) is 6.42 Å². The van der Waals surface area contributed by atoms with Gasteiger partial charge in [-0.25, -0.2) is 15.0 Å². The predicted octanol–water partition coefficient (Wildman–Crippen LogP) is -1.43. The number of carbonyl (C=O) groups excluding carboxylic acids is 1. The van der Waals surface area contributed by atoms with Crippen molar-refractivity contribution in [2.24, 2.45) is 20.0 Å². The van der Waals surface area contributed by atoms with Crippen LogP contribution in [0.5, 0.6) is 0 Å². The molecular weight excluding hydrogens is 240 g/mol. The number of rotatable bonds is 6. The third-order valence-electron chi connectivity index (χ3n) is 2.35. The van der Waals surface area contributed by atoms with E-state index >= 15 is 0 Å². The lowest BCUT2D eigenvalue weighted by molar-refractivity contribution is -0.111. The Bertz CT molecular complexity index is 466. The largest absolute Gasteiger partial charge is 0.396 e. The molecule has 0 aromatic rings. The van der Waals surface area contributed by atoms with Gasteiger partial charge in [0, 0.05) is 6.61 Å². The molecule has 0 aromatic carbocycles. The summed E-state index contributed by atoms with van der Waals surface area (Å²) in [4.78, 5) is 26.8. The molecule has 2 aliphatic heterocycles. The van der Waals surface area contributed by atoms with Crippen LogP contribution in [0, 0.1) is 0 Å². The van der Waals surface area contributed by atoms with Gasteiger partial charge in [0.25, 0.3) is 0 Å². The summed E-state index contributed by atoms with van der Waals surface area (Å²) in [6, 6.07) is 0. The van der Waals surface area contributed by atoms with Gasteiger partial charge in [-0.2, -0.15) is 4.99 Å². The van der Waals surface area contributed by atoms with Crippen LogP contribution in [0.4, 0.5) is 0 Å². The van der Waals surface area contributed by atoms with Crippen molar-refractivity contribution in [3.63, 3.8) is 0 Å². The summed E-state index contributed by atoms with van der Waals surface area (Å²) in [5.74, 6) is -0.0838. The molecule has 96 valence electrons. The van der Waals surface area contributed by atoms with Gasteiger partial charge in [0.1, 0.15) is 12.9 Å². The van der Waals surface area contributed by atoms with Gasteiger partial charge in [-0.15, -0.1) is 0 Å². The second kappa shape index (κ2) is 5.71. The summed E-state index contributed by atoms with van der Waals surface area (Å²) >= 11 is 0. The summed E-state index contributed by atoms with van der Waals surface area (Å²) in [7, 11) is 0. The highest BCUT2D eigenvalue weighted by atomic mass is 16.5. The topological polar surface area (TPSA) is 116 Å². The number of hydrogen-bond donors (Lipinski definition) is 2. The minimum atomic E-state index is -0.504. The fraction of sp³-hybridized carbons (Fsp3) is 0.500. The molecular formula is C10H12N4O4. The molecule has 0 radical (unpaired) electrons. The third-order valence-corrected chi connectivity index (χ3v) is 2.35. The maximum absolute atomic E-state index is 11.5. The standard InChI is InChI=1S/C10H12N4O4/c15-2-1-6(3-16)18-4-7-13-9-8(10(17)14-7)11-5-12-9/h5-6,15-16H,1-4H2. The monoisotopic (exact) mass is 252 g/mol. The summed E-state index contributed by atoms with van der Waals surface area (Å²) in [6.45, 7) is -0.335. The van der Waals surface area contributed by atoms with E-state index in [1.807, 2.05) is 0 Å². The van der Waals surface area contributed by atoms with Crippen molar-refractivity contribution in [3.05, 3.63) is 0 Å². The summed E-state index contributed by atoms with van der Waals surface area (Å²) in [5.41, 5.74) is 0.132. The van der Waals surface area contributed by atoms with E-state index in [0.717, 1.165) is 0 Å². The lowest BCUT2D eigenvalue weighted by atomic mass is 10.3. The van der Waals surface area contributed by atoms with E-state index in [4.69, 9.17) is 14.9 Å². The van der Waals surface area contributed by atoms with Crippen LogP contribution in [-0.2, 0) is 9.53 Å². The number of hydrogen-bond acceptors (Lipinski definition) is 7. The first-order chi connectivity index (χ1) is 8.74. The van der Waals surface area contributed by atoms with Crippen LogP contribution >= 0.6 is 0 Å². The van der Waals surface area contributed by atoms with E-state index in [0.29, 0.717) is 6.42 Å². The highest BCUT2D eigenvalue weighted by Crippen LogP contribution is 2.06. The van der Waals surface area contributed by atoms with Crippen LogP contribution in [0.25, 0.3) is 0 Å². The van der Waals surface area contributed by atoms with Gasteiger partial charge >= 0.3 is 5.91 Å². The number of aliphatic imine (C=N–C) groups is 4. The van der Waals surface area contributed by atoms with Crippen molar-refractivity contribution in [1.29, 1.82) is 0 Å². The molecule has 8 heteroatoms. The number of fused-ring (bicyclic) bond motifs is 1. The average Bonchev–Trinajstić information content (AvgIpc) is 2.83. The van der Waals surface area contributed by atoms with E-state index in [2.05, 4.69) is 20.0 Å². The molecule has 0 fully saturated rings. The average molecular weight is 252 g/mol. The molecule has 2 aliphatic rings. The van der Waals surface area contributed by atoms with Gasteiger partial charge in [0.2, 0.25) is 0 Å². The molecule has 0 saturated heterocycles. The summed E-state index contributed by atoms with van der Waals surface area (Å²) in [6.07, 6.45) is 1.04. The molecule has 2 rings (SSSR count). The van der Waals surface area contributed by atoms with Crippen LogP contribution in [0.2, 0.25) is 0 Å². The van der Waals surface area contributed by atoms with E-state index < -0.39 is 12.0 Å². The molecule has 0 spiro atoms. The Labute approximate surface area is 102 Å². The number of carbonyl (C=O) groups is 1. The van der Waals surface area contributed by atoms with Crippen molar-refractivity contribution in [2.75, 3.05) is 19.8 Å². The zero-order valence-corrected chi connectivity index (χ0v) is 9.48. The second-order valence-corrected chi connectivity index (χ2v) is 3.62. The number of aliphatic hydroxyl groups is 2. The minimum absolute atomic E-state index is 0.0245. The van der Waals surface area contributed by atoms with E-state index in [-0.39, 0.29) is 37.2 Å². The molecule has 2 heterocycles. The van der Waals surface area contributed by atoms with Gasteiger partial charge in [0.15, 0.2) is 17.4 Å². The predicted molar refractivity (Wildman–Crippen MR) is 64.3 cm³/mol. The Morgan fingerprint density at radius 2 is 2.17 bits per heavy atom. The van der Waals surface area contributed by atoms with Crippen molar-refractivity contribution < 1.29 is 19.7 Å². The Balaban J connectivity index is 1.96. The molecule has 2 N–H and O–H groups in total. The lowest BCUT2D eigenvalue weighted by Crippen LogP contribution is -2.29. The van der Waals surface area contributed by atoms with Crippen molar-refractivity contribution in [2.45, 2.75) is 12.5 Å². The second-order valence-electron chi connectivity index (χ2n) is 3.62. The molecule has 0 aromatic heterocycles. The number of ether oxygens (including phenoxy) is 1. The van der Waals surface area contributed by atoms with Gasteiger partial charge in [-0.3, -0.25) is 4.79 Å². The van der Waals surface area contributed by atoms with Crippen LogP contribution < -0.4 is 0 Å². The molecule has 0 bridgehead atoms. The maximum atomic E-state index is 11.5. The zero-order valence-electron chi connectivity index (χ0n) is 9.48. The van der Waals surface area contributed by atoms with Crippen molar-refractivity contribution >= 4 is 29.6 Å². The molecule has 18 heavy (non-hydrogen) atoms. The molecule has 1 unspecified atom stereocenters. The normalized spacial score (nSPS) is 19.2. The molecule has 1 amide bonds. The fourth-order valence-corrected chi connectivity index (χ4v) is 1.44. The quantitative estimate of drug-likeness (QED) is 0.602. The van der Waals surface area contributed by atoms with E-state index in [1.165, 1.54) is 6.34 Å². The Kier molecular flexibility index (Phi) is 4.03. The first-order valence-electron chi connectivity index (χ1n) is 5.39. The Morgan fingerprint density at radius 3 is 2.89 bits per heavy atom. The zero-order chi connectivity index (χ0) is 13.0. The molecule has 0 saturated carbocycles. The number of amides is 1. The summed E-state index contributed by atoms with van der Waals surface area (Å²) < 4.78 is 5.28. The number of aliphatic hydroxyl groups excluding tert-OH is 2. The van der Waals surface area contributed by atoms with E-state index in [1.54, 1.807) is 0 Å². The fourth-order valence-electron chi connectivity index (χ4n) is 1.44. The maximum Gasteiger partial charge on any atom is 0.301 e. The van der Waals surface area contributed by atoms with Gasteiger partial charge in [0.05, 0.1) is 12.7 Å². The minimum Gasteiger partial charge on any atom is -0.396 e. The number of amidine groups is 2. The SMILES string of the molecule is O=C1N=C(COC(CO)CCO)N=C2N=CN=C12. The van der Waals surface area contributed by atoms with Gasteiger partial charge in [-0.05, 0) is 6.42 Å². The third kappa shape index (κ3) is 2.73. The number of nitrogens with zero attached hydrogens (tertiary/aromatic N) is 4. The first kappa shape index (κ1) is 12.7. The molecule has 8 nitrogen and oxygen atoms in total. The summed E-state index contributed by atoms with van der Waals surface area (Å²) in [5, 5.41) is 17.7. The highest BCUT2D eigenvalue weighted by Gasteiger charge is 2.26. The highest BCUT2D eigenvalue weighted by molar-refractivity contribution is 6.71. The lowest BCUT2D eigenvalue weighted by Gasteiger charge is -2.14. The Morgan fingerprint density at radius 1 is 1.33 bits per heavy atom. The molecule has 0 aliphatic carbocycles. The van der Waals surface area contributed by atoms with Crippen LogP contribution in [0.15, 0.2) is 20.0 Å². The first-order valence-corrected chi connectivity index (χ1v) is 5.39. The van der Waals surface area contributed by atoms with Gasteiger partial charge < -0.3 is 14.9 Å².